The van der Waals surface area contributed by atoms with Crippen LogP contribution in [0.15, 0.2) is 59.5 Å². The van der Waals surface area contributed by atoms with E-state index in [2.05, 4.69) is 10.2 Å². The minimum absolute atomic E-state index is 0.116. The molecule has 1 aromatic heterocycles. The number of carbonyl (C=O) groups excluding carboxylic acids is 1. The first-order chi connectivity index (χ1) is 13.6. The van der Waals surface area contributed by atoms with Gasteiger partial charge in [-0.3, -0.25) is 4.79 Å². The van der Waals surface area contributed by atoms with E-state index < -0.39 is 0 Å². The van der Waals surface area contributed by atoms with Crippen LogP contribution in [0.25, 0.3) is 10.9 Å². The number of amides is 1. The molecule has 1 atom stereocenters. The molecule has 2 N–H and O–H groups in total. The van der Waals surface area contributed by atoms with Crippen LogP contribution in [0.1, 0.15) is 6.42 Å². The fraction of sp³-hybridized carbons (Fsp3) is 0.238. The molecule has 4 rings (SSSR count). The third-order valence-electron chi connectivity index (χ3n) is 4.67. The zero-order chi connectivity index (χ0) is 19.5. The van der Waals surface area contributed by atoms with Gasteiger partial charge in [0.05, 0.1) is 28.1 Å². The average Bonchev–Trinajstić information content (AvgIpc) is 3.15. The summed E-state index contributed by atoms with van der Waals surface area (Å²) in [6, 6.07) is 17.2. The van der Waals surface area contributed by atoms with Crippen molar-refractivity contribution in [1.82, 2.24) is 4.98 Å². The number of fused-ring (bicyclic) bond motifs is 1. The number of aliphatic hydroxyl groups is 1. The van der Waals surface area contributed by atoms with E-state index in [1.807, 2.05) is 48.5 Å². The number of thioether (sulfide) groups is 1. The predicted octanol–water partition coefficient (Wildman–Crippen LogP) is 4.19. The molecule has 3 aromatic rings. The maximum absolute atomic E-state index is 12.4. The number of anilines is 2. The van der Waals surface area contributed by atoms with Gasteiger partial charge in [0.15, 0.2) is 0 Å². The second-order valence-electron chi connectivity index (χ2n) is 6.70. The van der Waals surface area contributed by atoms with E-state index in [0.29, 0.717) is 23.0 Å². The predicted molar refractivity (Wildman–Crippen MR) is 115 cm³/mol. The Kier molecular flexibility index (Phi) is 5.71. The van der Waals surface area contributed by atoms with E-state index in [0.717, 1.165) is 34.6 Å². The molecule has 1 aliphatic heterocycles. The van der Waals surface area contributed by atoms with Crippen molar-refractivity contribution >= 4 is 51.7 Å². The quantitative estimate of drug-likeness (QED) is 0.614. The van der Waals surface area contributed by atoms with Gasteiger partial charge in [-0.25, -0.2) is 4.98 Å². The van der Waals surface area contributed by atoms with E-state index in [4.69, 9.17) is 16.6 Å². The highest BCUT2D eigenvalue weighted by Gasteiger charge is 2.22. The van der Waals surface area contributed by atoms with Crippen molar-refractivity contribution in [3.05, 3.63) is 59.6 Å². The lowest BCUT2D eigenvalue weighted by atomic mass is 10.1. The van der Waals surface area contributed by atoms with E-state index >= 15 is 0 Å². The Hall–Kier alpha value is -2.28. The van der Waals surface area contributed by atoms with Crippen LogP contribution in [0.3, 0.4) is 0 Å². The number of pyridine rings is 1. The number of nitrogens with zero attached hydrogens (tertiary/aromatic N) is 2. The van der Waals surface area contributed by atoms with Crippen LogP contribution < -0.4 is 10.2 Å². The number of rotatable bonds is 5. The SMILES string of the molecule is O=C(CSc1ccccc1)Nc1c(Cl)ccc2nc(N3CC[C@@H](O)C3)ccc12. The van der Waals surface area contributed by atoms with Crippen LogP contribution >= 0.6 is 23.4 Å². The maximum Gasteiger partial charge on any atom is 0.234 e. The summed E-state index contributed by atoms with van der Waals surface area (Å²) >= 11 is 7.84. The number of carbonyl (C=O) groups is 1. The normalized spacial score (nSPS) is 16.5. The van der Waals surface area contributed by atoms with Crippen molar-refractivity contribution in [3.63, 3.8) is 0 Å². The van der Waals surface area contributed by atoms with Crippen molar-refractivity contribution in [2.45, 2.75) is 17.4 Å². The molecule has 0 saturated carbocycles. The number of aromatic nitrogens is 1. The smallest absolute Gasteiger partial charge is 0.234 e. The molecule has 7 heteroatoms. The van der Waals surface area contributed by atoms with Crippen LogP contribution in [0.4, 0.5) is 11.5 Å². The highest BCUT2D eigenvalue weighted by atomic mass is 35.5. The highest BCUT2D eigenvalue weighted by Crippen LogP contribution is 2.32. The minimum Gasteiger partial charge on any atom is -0.391 e. The third-order valence-corrected chi connectivity index (χ3v) is 6.00. The molecule has 1 fully saturated rings. The molecule has 1 saturated heterocycles. The maximum atomic E-state index is 12.4. The number of benzene rings is 2. The lowest BCUT2D eigenvalue weighted by molar-refractivity contribution is -0.113. The zero-order valence-corrected chi connectivity index (χ0v) is 16.7. The van der Waals surface area contributed by atoms with Crippen LogP contribution in [0, 0.1) is 0 Å². The first kappa shape index (κ1) is 19.1. The summed E-state index contributed by atoms with van der Waals surface area (Å²) in [4.78, 5) is 20.2. The van der Waals surface area contributed by atoms with Gasteiger partial charge in [-0.05, 0) is 42.8 Å². The van der Waals surface area contributed by atoms with Crippen molar-refractivity contribution in [3.8, 4) is 0 Å². The van der Waals surface area contributed by atoms with Gasteiger partial charge in [-0.2, -0.15) is 0 Å². The molecule has 28 heavy (non-hydrogen) atoms. The van der Waals surface area contributed by atoms with E-state index in [9.17, 15) is 9.90 Å². The molecular weight excluding hydrogens is 394 g/mol. The molecular formula is C21H20ClN3O2S. The summed E-state index contributed by atoms with van der Waals surface area (Å²) in [6.07, 6.45) is 0.445. The average molecular weight is 414 g/mol. The summed E-state index contributed by atoms with van der Waals surface area (Å²) in [5.41, 5.74) is 1.34. The largest absolute Gasteiger partial charge is 0.391 e. The molecule has 0 spiro atoms. The molecule has 0 unspecified atom stereocenters. The van der Waals surface area contributed by atoms with Gasteiger partial charge in [0, 0.05) is 23.4 Å². The van der Waals surface area contributed by atoms with Gasteiger partial charge in [0.1, 0.15) is 5.82 Å². The van der Waals surface area contributed by atoms with Crippen LogP contribution in [-0.2, 0) is 4.79 Å². The standard InChI is InChI=1S/C21H20ClN3O2S/c22-17-7-8-18-16(6-9-19(23-18)25-11-10-14(26)12-25)21(17)24-20(27)13-28-15-4-2-1-3-5-15/h1-9,14,26H,10-13H2,(H,24,27)/t14-/m1/s1. The van der Waals surface area contributed by atoms with Gasteiger partial charge in [0.2, 0.25) is 5.91 Å². The lowest BCUT2D eigenvalue weighted by Crippen LogP contribution is -2.22. The van der Waals surface area contributed by atoms with Gasteiger partial charge in [-0.15, -0.1) is 11.8 Å². The fourth-order valence-corrected chi connectivity index (χ4v) is 4.19. The van der Waals surface area contributed by atoms with E-state index in [1.54, 1.807) is 6.07 Å². The Bertz CT molecular complexity index is 1000. The molecule has 0 aliphatic carbocycles. The fourth-order valence-electron chi connectivity index (χ4n) is 3.26. The molecule has 1 aliphatic rings. The molecule has 0 radical (unpaired) electrons. The Morgan fingerprint density at radius 1 is 1.21 bits per heavy atom. The van der Waals surface area contributed by atoms with Crippen molar-refractivity contribution < 1.29 is 9.90 Å². The third kappa shape index (κ3) is 4.24. The molecule has 0 bridgehead atoms. The lowest BCUT2D eigenvalue weighted by Gasteiger charge is -2.18. The first-order valence-electron chi connectivity index (χ1n) is 9.10. The Morgan fingerprint density at radius 3 is 2.79 bits per heavy atom. The first-order valence-corrected chi connectivity index (χ1v) is 10.5. The van der Waals surface area contributed by atoms with E-state index in [-0.39, 0.29) is 12.0 Å². The zero-order valence-electron chi connectivity index (χ0n) is 15.1. The number of hydrogen-bond acceptors (Lipinski definition) is 5. The topological polar surface area (TPSA) is 65.5 Å². The van der Waals surface area contributed by atoms with Gasteiger partial charge >= 0.3 is 0 Å². The van der Waals surface area contributed by atoms with Gasteiger partial charge in [0.25, 0.3) is 0 Å². The van der Waals surface area contributed by atoms with Crippen molar-refractivity contribution in [1.29, 1.82) is 0 Å². The number of nitrogens with one attached hydrogen (secondary N) is 1. The van der Waals surface area contributed by atoms with Gasteiger partial charge in [-0.1, -0.05) is 29.8 Å². The summed E-state index contributed by atoms with van der Waals surface area (Å²) in [6.45, 7) is 1.37. The molecule has 2 aromatic carbocycles. The second-order valence-corrected chi connectivity index (χ2v) is 8.15. The summed E-state index contributed by atoms with van der Waals surface area (Å²) in [5.74, 6) is 1.01. The number of aliphatic hydroxyl groups excluding tert-OH is 1. The van der Waals surface area contributed by atoms with Crippen LogP contribution in [0.5, 0.6) is 0 Å². The number of hydrogen-bond donors (Lipinski definition) is 2. The highest BCUT2D eigenvalue weighted by molar-refractivity contribution is 8.00. The number of halogens is 1. The Morgan fingerprint density at radius 2 is 2.04 bits per heavy atom. The van der Waals surface area contributed by atoms with Crippen LogP contribution in [0.2, 0.25) is 5.02 Å². The summed E-state index contributed by atoms with van der Waals surface area (Å²) in [7, 11) is 0. The molecule has 2 heterocycles. The Labute approximate surface area is 172 Å². The molecule has 144 valence electrons. The second kappa shape index (κ2) is 8.39. The minimum atomic E-state index is -0.306. The number of β-amino-alcohol motifs (C(OH)–C–C–N with tert-alkyl or cyclic N) is 1. The van der Waals surface area contributed by atoms with Crippen molar-refractivity contribution in [2.75, 3.05) is 29.1 Å². The summed E-state index contributed by atoms with van der Waals surface area (Å²) in [5, 5.41) is 14.0. The molecule has 5 nitrogen and oxygen atoms in total. The monoisotopic (exact) mass is 413 g/mol. The summed E-state index contributed by atoms with van der Waals surface area (Å²) < 4.78 is 0. The van der Waals surface area contributed by atoms with Gasteiger partial charge < -0.3 is 15.3 Å². The Balaban J connectivity index is 1.52. The van der Waals surface area contributed by atoms with E-state index in [1.165, 1.54) is 11.8 Å². The van der Waals surface area contributed by atoms with Crippen LogP contribution in [-0.4, -0.2) is 40.9 Å². The van der Waals surface area contributed by atoms with Crippen molar-refractivity contribution in [2.24, 2.45) is 0 Å². The molecule has 1 amide bonds.